The van der Waals surface area contributed by atoms with E-state index in [1.807, 2.05) is 6.08 Å². The number of nitriles is 1. The highest BCUT2D eigenvalue weighted by atomic mass is 15.0. The Bertz CT molecular complexity index is 3510. The first-order chi connectivity index (χ1) is 30.0. The van der Waals surface area contributed by atoms with E-state index >= 15 is 0 Å². The number of nitrogens with zero attached hydrogens (tertiary/aromatic N) is 3. The van der Waals surface area contributed by atoms with Crippen molar-refractivity contribution in [3.05, 3.63) is 221 Å². The monoisotopic (exact) mass is 779 g/mol. The van der Waals surface area contributed by atoms with Gasteiger partial charge in [0.15, 0.2) is 0 Å². The molecule has 61 heavy (non-hydrogen) atoms. The van der Waals surface area contributed by atoms with Gasteiger partial charge in [0.2, 0.25) is 0 Å². The molecule has 13 rings (SSSR count). The van der Waals surface area contributed by atoms with Gasteiger partial charge in [-0.25, -0.2) is 0 Å². The van der Waals surface area contributed by atoms with Crippen LogP contribution < -0.4 is 0 Å². The predicted octanol–water partition coefficient (Wildman–Crippen LogP) is 14.4. The Hall–Kier alpha value is -7.41. The van der Waals surface area contributed by atoms with Gasteiger partial charge < -0.3 is 9.13 Å². The van der Waals surface area contributed by atoms with Crippen LogP contribution in [0, 0.1) is 16.7 Å². The first-order valence-corrected chi connectivity index (χ1v) is 21.6. The zero-order valence-electron chi connectivity index (χ0n) is 34.1. The fourth-order valence-electron chi connectivity index (χ4n) is 12.4. The van der Waals surface area contributed by atoms with E-state index in [1.54, 1.807) is 0 Å². The molecule has 0 N–H and O–H groups in total. The number of hydrogen-bond donors (Lipinski definition) is 0. The van der Waals surface area contributed by atoms with Gasteiger partial charge in [-0.2, -0.15) is 5.26 Å². The van der Waals surface area contributed by atoms with E-state index < -0.39 is 10.8 Å². The minimum Gasteiger partial charge on any atom is -0.310 e. The Kier molecular flexibility index (Phi) is 6.96. The third-order valence-corrected chi connectivity index (χ3v) is 14.8. The highest BCUT2D eigenvalue weighted by Gasteiger charge is 2.64. The van der Waals surface area contributed by atoms with Crippen molar-refractivity contribution in [2.45, 2.75) is 37.5 Å². The fourth-order valence-corrected chi connectivity index (χ4v) is 12.4. The molecule has 4 unspecified atom stereocenters. The van der Waals surface area contributed by atoms with Crippen LogP contribution in [0.5, 0.6) is 0 Å². The maximum Gasteiger partial charge on any atom is 0.0988 e. The molecule has 0 amide bonds. The van der Waals surface area contributed by atoms with Gasteiger partial charge in [0, 0.05) is 50.1 Å². The van der Waals surface area contributed by atoms with Crippen molar-refractivity contribution < 1.29 is 0 Å². The first-order valence-electron chi connectivity index (χ1n) is 21.6. The van der Waals surface area contributed by atoms with Gasteiger partial charge in [-0.05, 0) is 129 Å². The molecule has 4 aliphatic rings. The van der Waals surface area contributed by atoms with Gasteiger partial charge >= 0.3 is 0 Å². The molecule has 0 radical (unpaired) electrons. The van der Waals surface area contributed by atoms with Crippen LogP contribution in [-0.2, 0) is 5.41 Å². The summed E-state index contributed by atoms with van der Waals surface area (Å²) < 4.78 is 4.90. The topological polar surface area (TPSA) is 33.6 Å². The normalized spacial score (nSPS) is 21.6. The molecule has 2 heterocycles. The summed E-state index contributed by atoms with van der Waals surface area (Å²) in [5.41, 5.74) is 18.8. The second-order valence-corrected chi connectivity index (χ2v) is 17.8. The predicted molar refractivity (Wildman–Crippen MR) is 251 cm³/mol. The average molecular weight is 780 g/mol. The maximum atomic E-state index is 10.3. The second kappa shape index (κ2) is 12.3. The van der Waals surface area contributed by atoms with E-state index in [9.17, 15) is 5.26 Å². The highest BCUT2D eigenvalue weighted by molar-refractivity contribution is 6.11. The zero-order valence-corrected chi connectivity index (χ0v) is 34.1. The van der Waals surface area contributed by atoms with Crippen LogP contribution in [0.25, 0.3) is 72.4 Å². The Labute approximate surface area is 355 Å². The molecule has 0 saturated heterocycles. The molecule has 0 bridgehead atoms. The van der Waals surface area contributed by atoms with Gasteiger partial charge in [0.1, 0.15) is 0 Å². The van der Waals surface area contributed by atoms with Crippen LogP contribution in [0.1, 0.15) is 65.6 Å². The van der Waals surface area contributed by atoms with Crippen molar-refractivity contribution in [3.8, 4) is 39.7 Å². The molecular weight excluding hydrogens is 739 g/mol. The Morgan fingerprint density at radius 2 is 1.28 bits per heavy atom. The molecule has 9 aromatic rings. The molecule has 7 aromatic carbocycles. The van der Waals surface area contributed by atoms with Crippen molar-refractivity contribution in [2.24, 2.45) is 5.41 Å². The summed E-state index contributed by atoms with van der Waals surface area (Å²) in [7, 11) is 0. The second-order valence-electron chi connectivity index (χ2n) is 17.8. The molecule has 3 nitrogen and oxygen atoms in total. The number of fused-ring (bicyclic) bond motifs is 16. The molecule has 4 atom stereocenters. The van der Waals surface area contributed by atoms with Crippen LogP contribution in [-0.4, -0.2) is 9.13 Å². The lowest BCUT2D eigenvalue weighted by Gasteiger charge is -2.45. The molecule has 2 aromatic heterocycles. The molecular formula is C58H41N3. The summed E-state index contributed by atoms with van der Waals surface area (Å²) in [5.74, 6) is 0.573. The van der Waals surface area contributed by atoms with E-state index in [0.717, 1.165) is 17.7 Å². The molecule has 3 heteroatoms. The SMILES string of the molecule is CC1CC=Cc2c1c1cc(-c3ccc4c(c3)c3ccccc3n4-c3ccc4c(c3)C3(c5ccccc5-4)c4ccccc4C4C=CC(C#N)=CC43C)ccc1n2-c1ccccc1. The standard InChI is InChI=1S/C58H41N3/c1-36-13-12-22-55-56(36)47-32-39(25-30-54(47)60(55)40-14-4-3-5-15-40)38-24-29-53-46(31-38)44-17-8-11-21-52(44)61(53)41-26-27-43-42-16-6-9-19-49(42)58(51(43)33-41)50-20-10-7-18-45(50)48-28-23-37(35-59)34-57(48,58)2/h3-12,14-34,36,48H,13H2,1-2H3. The first kappa shape index (κ1) is 34.5. The van der Waals surface area contributed by atoms with Crippen molar-refractivity contribution in [1.82, 2.24) is 9.13 Å². The van der Waals surface area contributed by atoms with Crippen molar-refractivity contribution in [3.63, 3.8) is 0 Å². The highest BCUT2D eigenvalue weighted by Crippen LogP contribution is 2.71. The van der Waals surface area contributed by atoms with Crippen LogP contribution in [0.4, 0.5) is 0 Å². The van der Waals surface area contributed by atoms with E-state index in [2.05, 4.69) is 211 Å². The lowest BCUT2D eigenvalue weighted by molar-refractivity contribution is 0.292. The number of benzene rings is 7. The number of rotatable bonds is 3. The van der Waals surface area contributed by atoms with Crippen LogP contribution >= 0.6 is 0 Å². The quantitative estimate of drug-likeness (QED) is 0.176. The molecule has 0 saturated carbocycles. The van der Waals surface area contributed by atoms with E-state index in [-0.39, 0.29) is 5.92 Å². The fraction of sp³-hybridized carbons (Fsp3) is 0.121. The van der Waals surface area contributed by atoms with Crippen molar-refractivity contribution >= 4 is 38.8 Å². The largest absolute Gasteiger partial charge is 0.310 e. The summed E-state index contributed by atoms with van der Waals surface area (Å²) in [6, 6.07) is 61.4. The number of para-hydroxylation sites is 2. The maximum absolute atomic E-state index is 10.3. The average Bonchev–Trinajstić information content (AvgIpc) is 3.99. The summed E-state index contributed by atoms with van der Waals surface area (Å²) in [4.78, 5) is 0. The Morgan fingerprint density at radius 1 is 0.590 bits per heavy atom. The van der Waals surface area contributed by atoms with Gasteiger partial charge in [-0.1, -0.05) is 135 Å². The summed E-state index contributed by atoms with van der Waals surface area (Å²) in [6.07, 6.45) is 12.3. The Balaban J connectivity index is 1.02. The molecule has 4 aliphatic carbocycles. The number of hydrogen-bond acceptors (Lipinski definition) is 1. The molecule has 0 aliphatic heterocycles. The third kappa shape index (κ3) is 4.37. The summed E-state index contributed by atoms with van der Waals surface area (Å²) in [6.45, 7) is 4.75. The smallest absolute Gasteiger partial charge is 0.0988 e. The minimum absolute atomic E-state index is 0.136. The van der Waals surface area contributed by atoms with Crippen molar-refractivity contribution in [2.75, 3.05) is 0 Å². The van der Waals surface area contributed by atoms with Gasteiger partial charge in [0.05, 0.1) is 28.0 Å². The zero-order chi connectivity index (χ0) is 40.6. The van der Waals surface area contributed by atoms with Crippen molar-refractivity contribution in [1.29, 1.82) is 5.26 Å². The Morgan fingerprint density at radius 3 is 2.11 bits per heavy atom. The van der Waals surface area contributed by atoms with Gasteiger partial charge in [-0.15, -0.1) is 0 Å². The number of aromatic nitrogens is 2. The van der Waals surface area contributed by atoms with E-state index in [4.69, 9.17) is 0 Å². The van der Waals surface area contributed by atoms with Crippen LogP contribution in [0.2, 0.25) is 0 Å². The van der Waals surface area contributed by atoms with Crippen LogP contribution in [0.15, 0.2) is 188 Å². The molecule has 288 valence electrons. The van der Waals surface area contributed by atoms with E-state index in [1.165, 1.54) is 94.2 Å². The lowest BCUT2D eigenvalue weighted by Crippen LogP contribution is -2.42. The van der Waals surface area contributed by atoms with Gasteiger partial charge in [0.25, 0.3) is 0 Å². The van der Waals surface area contributed by atoms with Gasteiger partial charge in [-0.3, -0.25) is 0 Å². The summed E-state index contributed by atoms with van der Waals surface area (Å²) >= 11 is 0. The lowest BCUT2D eigenvalue weighted by atomic mass is 9.55. The third-order valence-electron chi connectivity index (χ3n) is 14.8. The van der Waals surface area contributed by atoms with E-state index in [0.29, 0.717) is 5.92 Å². The molecule has 0 fully saturated rings. The summed E-state index contributed by atoms with van der Waals surface area (Å²) in [5, 5.41) is 14.1. The molecule has 1 spiro atoms. The van der Waals surface area contributed by atoms with Crippen LogP contribution in [0.3, 0.4) is 0 Å². The number of allylic oxidation sites excluding steroid dienone is 5. The minimum atomic E-state index is -0.487.